The van der Waals surface area contributed by atoms with Gasteiger partial charge in [0, 0.05) is 6.42 Å². The number of hydrogen-bond acceptors (Lipinski definition) is 4. The third-order valence-electron chi connectivity index (χ3n) is 2.63. The average Bonchev–Trinajstić information content (AvgIpc) is 2.44. The second-order valence-corrected chi connectivity index (χ2v) is 4.55. The molecule has 0 saturated carbocycles. The van der Waals surface area contributed by atoms with Crippen LogP contribution in [0.15, 0.2) is 35.9 Å². The molecule has 0 aliphatic heterocycles. The van der Waals surface area contributed by atoms with Crippen LogP contribution < -0.4 is 9.47 Å². The van der Waals surface area contributed by atoms with Crippen LogP contribution in [0.2, 0.25) is 0 Å². The van der Waals surface area contributed by atoms with Crippen LogP contribution in [-0.4, -0.2) is 25.8 Å². The number of carbonyl (C=O) groups is 1. The SMILES string of the molecule is CCOC(=O)C(CC=C(C)C)Oc1ccc(OC)cc1. The summed E-state index contributed by atoms with van der Waals surface area (Å²) in [7, 11) is 1.60. The van der Waals surface area contributed by atoms with E-state index in [1.54, 1.807) is 38.3 Å². The van der Waals surface area contributed by atoms with Gasteiger partial charge in [0.05, 0.1) is 13.7 Å². The van der Waals surface area contributed by atoms with E-state index in [0.29, 0.717) is 18.8 Å². The van der Waals surface area contributed by atoms with E-state index in [0.717, 1.165) is 11.3 Å². The van der Waals surface area contributed by atoms with Crippen LogP contribution in [-0.2, 0) is 9.53 Å². The maximum absolute atomic E-state index is 11.9. The minimum Gasteiger partial charge on any atom is -0.497 e. The van der Waals surface area contributed by atoms with Crippen LogP contribution in [0, 0.1) is 0 Å². The van der Waals surface area contributed by atoms with E-state index in [1.165, 1.54) is 0 Å². The van der Waals surface area contributed by atoms with Crippen molar-refractivity contribution in [2.45, 2.75) is 33.3 Å². The van der Waals surface area contributed by atoms with Crippen molar-refractivity contribution in [1.82, 2.24) is 0 Å². The molecule has 1 unspecified atom stereocenters. The van der Waals surface area contributed by atoms with Gasteiger partial charge in [0.1, 0.15) is 11.5 Å². The Morgan fingerprint density at radius 1 is 1.20 bits per heavy atom. The van der Waals surface area contributed by atoms with Gasteiger partial charge in [0.2, 0.25) is 0 Å². The molecule has 0 saturated heterocycles. The van der Waals surface area contributed by atoms with E-state index in [2.05, 4.69) is 0 Å². The van der Waals surface area contributed by atoms with E-state index in [9.17, 15) is 4.79 Å². The molecule has 0 aromatic heterocycles. The largest absolute Gasteiger partial charge is 0.497 e. The van der Waals surface area contributed by atoms with Crippen molar-refractivity contribution in [3.05, 3.63) is 35.9 Å². The Bertz CT molecular complexity index is 444. The summed E-state index contributed by atoms with van der Waals surface area (Å²) in [6, 6.07) is 7.12. The minimum atomic E-state index is -0.627. The number of hydrogen-bond donors (Lipinski definition) is 0. The smallest absolute Gasteiger partial charge is 0.347 e. The number of ether oxygens (including phenoxy) is 3. The lowest BCUT2D eigenvalue weighted by molar-refractivity contribution is -0.151. The van der Waals surface area contributed by atoms with Gasteiger partial charge in [0.15, 0.2) is 6.10 Å². The van der Waals surface area contributed by atoms with Crippen molar-refractivity contribution >= 4 is 5.97 Å². The number of benzene rings is 1. The molecule has 110 valence electrons. The lowest BCUT2D eigenvalue weighted by atomic mass is 10.2. The molecule has 1 aromatic rings. The Morgan fingerprint density at radius 2 is 1.80 bits per heavy atom. The molecule has 0 radical (unpaired) electrons. The molecule has 0 heterocycles. The van der Waals surface area contributed by atoms with Gasteiger partial charge < -0.3 is 14.2 Å². The van der Waals surface area contributed by atoms with Gasteiger partial charge in [-0.05, 0) is 45.0 Å². The van der Waals surface area contributed by atoms with E-state index in [1.807, 2.05) is 19.9 Å². The van der Waals surface area contributed by atoms with Crippen LogP contribution in [0.5, 0.6) is 11.5 Å². The lowest BCUT2D eigenvalue weighted by Gasteiger charge is -2.16. The second kappa shape index (κ2) is 8.25. The van der Waals surface area contributed by atoms with Crippen molar-refractivity contribution in [3.63, 3.8) is 0 Å². The molecule has 0 amide bonds. The van der Waals surface area contributed by atoms with Gasteiger partial charge in [-0.25, -0.2) is 4.79 Å². The Balaban J connectivity index is 2.76. The van der Waals surface area contributed by atoms with Crippen LogP contribution in [0.3, 0.4) is 0 Å². The molecule has 1 aromatic carbocycles. The van der Waals surface area contributed by atoms with Gasteiger partial charge in [-0.2, -0.15) is 0 Å². The highest BCUT2D eigenvalue weighted by atomic mass is 16.6. The second-order valence-electron chi connectivity index (χ2n) is 4.55. The maximum atomic E-state index is 11.9. The minimum absolute atomic E-state index is 0.343. The van der Waals surface area contributed by atoms with Crippen molar-refractivity contribution in [1.29, 1.82) is 0 Å². The third kappa shape index (κ3) is 5.34. The first kappa shape index (κ1) is 16.1. The molecule has 0 spiro atoms. The molecule has 4 nitrogen and oxygen atoms in total. The monoisotopic (exact) mass is 278 g/mol. The van der Waals surface area contributed by atoms with E-state index in [-0.39, 0.29) is 5.97 Å². The van der Waals surface area contributed by atoms with Crippen molar-refractivity contribution in [2.24, 2.45) is 0 Å². The van der Waals surface area contributed by atoms with Crippen molar-refractivity contribution < 1.29 is 19.0 Å². The zero-order chi connectivity index (χ0) is 15.0. The Kier molecular flexibility index (Phi) is 6.64. The zero-order valence-corrected chi connectivity index (χ0v) is 12.5. The molecule has 0 bridgehead atoms. The molecule has 0 aliphatic rings. The fraction of sp³-hybridized carbons (Fsp3) is 0.438. The lowest BCUT2D eigenvalue weighted by Crippen LogP contribution is -2.29. The summed E-state index contributed by atoms with van der Waals surface area (Å²) in [6.07, 6.45) is 1.83. The summed E-state index contributed by atoms with van der Waals surface area (Å²) < 4.78 is 15.8. The summed E-state index contributed by atoms with van der Waals surface area (Å²) in [5, 5.41) is 0. The van der Waals surface area contributed by atoms with Crippen molar-refractivity contribution in [3.8, 4) is 11.5 Å². The number of allylic oxidation sites excluding steroid dienone is 1. The normalized spacial score (nSPS) is 11.4. The maximum Gasteiger partial charge on any atom is 0.347 e. The van der Waals surface area contributed by atoms with Gasteiger partial charge in [-0.1, -0.05) is 11.6 Å². The van der Waals surface area contributed by atoms with Crippen LogP contribution in [0.1, 0.15) is 27.2 Å². The highest BCUT2D eigenvalue weighted by Crippen LogP contribution is 2.19. The van der Waals surface area contributed by atoms with Gasteiger partial charge in [0.25, 0.3) is 0 Å². The van der Waals surface area contributed by atoms with Crippen LogP contribution in [0.4, 0.5) is 0 Å². The Morgan fingerprint density at radius 3 is 2.30 bits per heavy atom. The average molecular weight is 278 g/mol. The topological polar surface area (TPSA) is 44.8 Å². The summed E-state index contributed by atoms with van der Waals surface area (Å²) >= 11 is 0. The molecule has 0 aliphatic carbocycles. The highest BCUT2D eigenvalue weighted by molar-refractivity contribution is 5.75. The number of rotatable bonds is 7. The summed E-state index contributed by atoms with van der Waals surface area (Å²) in [4.78, 5) is 11.9. The molecule has 20 heavy (non-hydrogen) atoms. The number of methoxy groups -OCH3 is 1. The molecule has 0 fully saturated rings. The van der Waals surface area contributed by atoms with Crippen LogP contribution >= 0.6 is 0 Å². The van der Waals surface area contributed by atoms with Gasteiger partial charge in [-0.3, -0.25) is 0 Å². The predicted molar refractivity (Wildman–Crippen MR) is 78.1 cm³/mol. The Labute approximate surface area is 120 Å². The highest BCUT2D eigenvalue weighted by Gasteiger charge is 2.20. The van der Waals surface area contributed by atoms with Gasteiger partial charge >= 0.3 is 5.97 Å². The molecule has 0 N–H and O–H groups in total. The molecular weight excluding hydrogens is 256 g/mol. The summed E-state index contributed by atoms with van der Waals surface area (Å²) in [6.45, 7) is 6.09. The number of esters is 1. The summed E-state index contributed by atoms with van der Waals surface area (Å²) in [5.41, 5.74) is 1.14. The first-order chi connectivity index (χ1) is 9.56. The van der Waals surface area contributed by atoms with Crippen molar-refractivity contribution in [2.75, 3.05) is 13.7 Å². The number of carbonyl (C=O) groups excluding carboxylic acids is 1. The predicted octanol–water partition coefficient (Wildman–Crippen LogP) is 3.36. The quantitative estimate of drug-likeness (QED) is 0.566. The summed E-state index contributed by atoms with van der Waals surface area (Å²) in [5.74, 6) is 1.01. The third-order valence-corrected chi connectivity index (χ3v) is 2.63. The van der Waals surface area contributed by atoms with Crippen LogP contribution in [0.25, 0.3) is 0 Å². The fourth-order valence-corrected chi connectivity index (χ4v) is 1.59. The fourth-order valence-electron chi connectivity index (χ4n) is 1.59. The Hall–Kier alpha value is -1.97. The van der Waals surface area contributed by atoms with E-state index >= 15 is 0 Å². The first-order valence-electron chi connectivity index (χ1n) is 6.67. The molecular formula is C16H22O4. The van der Waals surface area contributed by atoms with E-state index in [4.69, 9.17) is 14.2 Å². The standard InChI is InChI=1S/C16H22O4/c1-5-19-16(17)15(11-6-12(2)3)20-14-9-7-13(18-4)8-10-14/h6-10,15H,5,11H2,1-4H3. The zero-order valence-electron chi connectivity index (χ0n) is 12.5. The molecule has 1 atom stereocenters. The molecule has 1 rings (SSSR count). The molecule has 4 heteroatoms. The van der Waals surface area contributed by atoms with Gasteiger partial charge in [-0.15, -0.1) is 0 Å². The first-order valence-corrected chi connectivity index (χ1v) is 6.67. The van der Waals surface area contributed by atoms with E-state index < -0.39 is 6.10 Å².